The zero-order valence-corrected chi connectivity index (χ0v) is 15.9. The molecule has 4 rings (SSSR count). The number of likely N-dealkylation sites (tertiary alicyclic amines) is 1. The van der Waals surface area contributed by atoms with Gasteiger partial charge in [0.2, 0.25) is 11.8 Å². The summed E-state index contributed by atoms with van der Waals surface area (Å²) >= 11 is 0. The average molecular weight is 378 g/mol. The maximum atomic E-state index is 13.4. The number of aromatic nitrogens is 4. The molecule has 1 aliphatic heterocycles. The fourth-order valence-corrected chi connectivity index (χ4v) is 3.41. The minimum atomic E-state index is -0.242. The molecule has 0 spiro atoms. The molecule has 1 atom stereocenters. The minimum absolute atomic E-state index is 0.131. The number of nitrogens with zero attached hydrogens (tertiary/aromatic N) is 5. The summed E-state index contributed by atoms with van der Waals surface area (Å²) in [7, 11) is 0. The van der Waals surface area contributed by atoms with Crippen molar-refractivity contribution in [3.05, 3.63) is 53.8 Å². The highest BCUT2D eigenvalue weighted by Crippen LogP contribution is 2.34. The molecule has 1 aromatic carbocycles. The van der Waals surface area contributed by atoms with E-state index in [0.717, 1.165) is 18.4 Å². The van der Waals surface area contributed by atoms with Crippen LogP contribution in [0, 0.1) is 0 Å². The minimum Gasteiger partial charge on any atom is -0.368 e. The molecule has 2 aromatic heterocycles. The molecule has 0 aliphatic carbocycles. The van der Waals surface area contributed by atoms with Crippen LogP contribution in [-0.4, -0.2) is 37.5 Å². The Hall–Kier alpha value is -3.29. The van der Waals surface area contributed by atoms with Gasteiger partial charge in [-0.3, -0.25) is 4.79 Å². The molecule has 8 heteroatoms. The zero-order valence-electron chi connectivity index (χ0n) is 15.9. The first-order chi connectivity index (χ1) is 13.5. The van der Waals surface area contributed by atoms with Crippen LogP contribution in [0.2, 0.25) is 0 Å². The van der Waals surface area contributed by atoms with Crippen LogP contribution in [-0.2, 0) is 0 Å². The number of hydrogen-bond acceptors (Lipinski definition) is 7. The monoisotopic (exact) mass is 378 g/mol. The van der Waals surface area contributed by atoms with Crippen LogP contribution < -0.4 is 5.73 Å². The normalized spacial score (nSPS) is 16.7. The first-order valence-corrected chi connectivity index (χ1v) is 9.37. The molecular formula is C20H22N6O2. The van der Waals surface area contributed by atoms with Gasteiger partial charge in [0.25, 0.3) is 5.91 Å². The van der Waals surface area contributed by atoms with Gasteiger partial charge in [0.15, 0.2) is 5.82 Å². The van der Waals surface area contributed by atoms with E-state index in [1.807, 2.05) is 44.2 Å². The van der Waals surface area contributed by atoms with Gasteiger partial charge in [-0.2, -0.15) is 4.98 Å². The molecule has 0 bridgehead atoms. The summed E-state index contributed by atoms with van der Waals surface area (Å²) in [6.45, 7) is 4.62. The predicted octanol–water partition coefficient (Wildman–Crippen LogP) is 3.21. The second-order valence-corrected chi connectivity index (χ2v) is 7.16. The van der Waals surface area contributed by atoms with Crippen molar-refractivity contribution in [1.29, 1.82) is 0 Å². The molecule has 144 valence electrons. The number of nitrogen functional groups attached to an aromatic ring is 1. The topological polar surface area (TPSA) is 111 Å². The summed E-state index contributed by atoms with van der Waals surface area (Å²) in [5.41, 5.74) is 7.54. The summed E-state index contributed by atoms with van der Waals surface area (Å²) in [6.07, 6.45) is 3.14. The third-order valence-corrected chi connectivity index (χ3v) is 4.86. The molecule has 0 radical (unpaired) electrons. The molecule has 0 saturated carbocycles. The van der Waals surface area contributed by atoms with E-state index in [1.54, 1.807) is 4.90 Å². The first kappa shape index (κ1) is 18.1. The number of carbonyl (C=O) groups is 1. The van der Waals surface area contributed by atoms with Gasteiger partial charge in [0, 0.05) is 24.2 Å². The van der Waals surface area contributed by atoms with Gasteiger partial charge in [-0.25, -0.2) is 9.97 Å². The van der Waals surface area contributed by atoms with E-state index in [4.69, 9.17) is 10.3 Å². The van der Waals surface area contributed by atoms with E-state index < -0.39 is 0 Å². The molecule has 28 heavy (non-hydrogen) atoms. The molecule has 8 nitrogen and oxygen atoms in total. The molecule has 1 saturated heterocycles. The van der Waals surface area contributed by atoms with Gasteiger partial charge >= 0.3 is 0 Å². The van der Waals surface area contributed by atoms with Crippen LogP contribution in [0.5, 0.6) is 0 Å². The van der Waals surface area contributed by atoms with E-state index >= 15 is 0 Å². The number of rotatable bonds is 4. The third kappa shape index (κ3) is 3.33. The second-order valence-electron chi connectivity index (χ2n) is 7.16. The van der Waals surface area contributed by atoms with Gasteiger partial charge in [-0.15, -0.1) is 0 Å². The van der Waals surface area contributed by atoms with E-state index in [1.165, 1.54) is 6.20 Å². The highest BCUT2D eigenvalue weighted by atomic mass is 16.5. The van der Waals surface area contributed by atoms with Crippen LogP contribution in [0.4, 0.5) is 5.95 Å². The lowest BCUT2D eigenvalue weighted by Gasteiger charge is -2.22. The molecule has 0 unspecified atom stereocenters. The molecule has 3 aromatic rings. The van der Waals surface area contributed by atoms with Crippen molar-refractivity contribution in [3.63, 3.8) is 0 Å². The Morgan fingerprint density at radius 3 is 2.75 bits per heavy atom. The Morgan fingerprint density at radius 1 is 1.25 bits per heavy atom. The SMILES string of the molecule is CC(C)c1noc([C@@H]2CCCN2C(=O)c2cnc(N)nc2-c2ccccc2)n1. The van der Waals surface area contributed by atoms with Gasteiger partial charge in [0.05, 0.1) is 11.3 Å². The second kappa shape index (κ2) is 7.38. The lowest BCUT2D eigenvalue weighted by molar-refractivity contribution is 0.0710. The highest BCUT2D eigenvalue weighted by molar-refractivity contribution is 6.00. The van der Waals surface area contributed by atoms with E-state index in [9.17, 15) is 4.79 Å². The van der Waals surface area contributed by atoms with Crippen molar-refractivity contribution in [2.24, 2.45) is 0 Å². The number of anilines is 1. The molecule has 1 fully saturated rings. The van der Waals surface area contributed by atoms with Crippen molar-refractivity contribution in [3.8, 4) is 11.3 Å². The van der Waals surface area contributed by atoms with Crippen LogP contribution in [0.25, 0.3) is 11.3 Å². The lowest BCUT2D eigenvalue weighted by Crippen LogP contribution is -2.31. The van der Waals surface area contributed by atoms with Gasteiger partial charge in [-0.05, 0) is 12.8 Å². The smallest absolute Gasteiger partial charge is 0.258 e. The Kier molecular flexibility index (Phi) is 4.77. The highest BCUT2D eigenvalue weighted by Gasteiger charge is 2.36. The van der Waals surface area contributed by atoms with Crippen molar-refractivity contribution in [2.45, 2.75) is 38.6 Å². The van der Waals surface area contributed by atoms with E-state index in [-0.39, 0.29) is 23.8 Å². The zero-order chi connectivity index (χ0) is 19.7. The quantitative estimate of drug-likeness (QED) is 0.742. The Balaban J connectivity index is 1.69. The van der Waals surface area contributed by atoms with Crippen molar-refractivity contribution >= 4 is 11.9 Å². The van der Waals surface area contributed by atoms with Crippen molar-refractivity contribution < 1.29 is 9.32 Å². The molecular weight excluding hydrogens is 356 g/mol. The molecule has 3 heterocycles. The third-order valence-electron chi connectivity index (χ3n) is 4.86. The Morgan fingerprint density at radius 2 is 2.04 bits per heavy atom. The summed E-state index contributed by atoms with van der Waals surface area (Å²) in [5.74, 6) is 1.26. The summed E-state index contributed by atoms with van der Waals surface area (Å²) in [4.78, 5) is 28.0. The number of amides is 1. The largest absolute Gasteiger partial charge is 0.368 e. The summed E-state index contributed by atoms with van der Waals surface area (Å²) in [5, 5.41) is 4.04. The summed E-state index contributed by atoms with van der Waals surface area (Å²) < 4.78 is 5.45. The van der Waals surface area contributed by atoms with Crippen LogP contribution >= 0.6 is 0 Å². The molecule has 2 N–H and O–H groups in total. The lowest BCUT2D eigenvalue weighted by atomic mass is 10.1. The Bertz CT molecular complexity index is 985. The summed E-state index contributed by atoms with van der Waals surface area (Å²) in [6, 6.07) is 9.25. The molecule has 1 aliphatic rings. The van der Waals surface area contributed by atoms with Crippen LogP contribution in [0.1, 0.15) is 60.7 Å². The number of carbonyl (C=O) groups excluding carboxylic acids is 1. The number of nitrogens with two attached hydrogens (primary N) is 1. The van der Waals surface area contributed by atoms with Crippen LogP contribution in [0.15, 0.2) is 41.1 Å². The number of benzene rings is 1. The fraction of sp³-hybridized carbons (Fsp3) is 0.350. The Labute approximate surface area is 162 Å². The molecule has 1 amide bonds. The van der Waals surface area contributed by atoms with Gasteiger partial charge < -0.3 is 15.2 Å². The average Bonchev–Trinajstić information content (AvgIpc) is 3.37. The van der Waals surface area contributed by atoms with E-state index in [0.29, 0.717) is 29.5 Å². The number of hydrogen-bond donors (Lipinski definition) is 1. The maximum absolute atomic E-state index is 13.4. The predicted molar refractivity (Wildman–Crippen MR) is 103 cm³/mol. The van der Waals surface area contributed by atoms with E-state index in [2.05, 4.69) is 20.1 Å². The maximum Gasteiger partial charge on any atom is 0.258 e. The van der Waals surface area contributed by atoms with Gasteiger partial charge in [-0.1, -0.05) is 49.3 Å². The standard InChI is InChI=1S/C20H22N6O2/c1-12(2)17-24-18(28-25-17)15-9-6-10-26(15)19(27)14-11-22-20(21)23-16(14)13-7-4-3-5-8-13/h3-5,7-8,11-12,15H,6,9-10H2,1-2H3,(H2,21,22,23)/t15-/m0/s1. The van der Waals surface area contributed by atoms with Crippen LogP contribution in [0.3, 0.4) is 0 Å². The first-order valence-electron chi connectivity index (χ1n) is 9.37. The van der Waals surface area contributed by atoms with Gasteiger partial charge in [0.1, 0.15) is 6.04 Å². The van der Waals surface area contributed by atoms with Crippen molar-refractivity contribution in [1.82, 2.24) is 25.0 Å². The fourth-order valence-electron chi connectivity index (χ4n) is 3.41. The van der Waals surface area contributed by atoms with Crippen molar-refractivity contribution in [2.75, 3.05) is 12.3 Å².